The zero-order chi connectivity index (χ0) is 25.8. The summed E-state index contributed by atoms with van der Waals surface area (Å²) in [6, 6.07) is 1.94. The van der Waals surface area contributed by atoms with Gasteiger partial charge in [0.25, 0.3) is 0 Å². The number of nitrogens with zero attached hydrogens (tertiary/aromatic N) is 2. The van der Waals surface area contributed by atoms with Crippen LogP contribution in [0.3, 0.4) is 0 Å². The van der Waals surface area contributed by atoms with Gasteiger partial charge in [0.2, 0.25) is 0 Å². The summed E-state index contributed by atoms with van der Waals surface area (Å²) in [7, 11) is 0. The Balaban J connectivity index is 2.30. The zero-order valence-electron chi connectivity index (χ0n) is 16.4. The predicted molar refractivity (Wildman–Crippen MR) is 110 cm³/mol. The molecule has 0 aliphatic carbocycles. The first kappa shape index (κ1) is 26.4. The highest BCUT2D eigenvalue weighted by atomic mass is 35.5. The van der Waals surface area contributed by atoms with E-state index in [1.807, 2.05) is 0 Å². The quantitative estimate of drug-likeness (QED) is 0.262. The number of nitrogens with two attached hydrogens (primary N) is 1. The highest BCUT2D eigenvalue weighted by Gasteiger charge is 2.38. The van der Waals surface area contributed by atoms with Gasteiger partial charge in [0.05, 0.1) is 32.3 Å². The minimum atomic E-state index is -5.11. The number of nitrogen functional groups attached to an aromatic ring is 1. The summed E-state index contributed by atoms with van der Waals surface area (Å²) in [6.45, 7) is 0. The van der Waals surface area contributed by atoms with Crippen LogP contribution in [0.4, 0.5) is 45.3 Å². The predicted octanol–water partition coefficient (Wildman–Crippen LogP) is 8.21. The maximum Gasteiger partial charge on any atom is 0.416 e. The van der Waals surface area contributed by atoms with Crippen LogP contribution in [-0.4, -0.2) is 16.0 Å². The van der Waals surface area contributed by atoms with Crippen molar-refractivity contribution in [2.75, 3.05) is 12.0 Å². The van der Waals surface area contributed by atoms with Crippen LogP contribution >= 0.6 is 35.0 Å². The Morgan fingerprint density at radius 3 is 1.56 bits per heavy atom. The van der Waals surface area contributed by atoms with Crippen molar-refractivity contribution < 1.29 is 39.5 Å². The Bertz CT molecular complexity index is 1190. The molecule has 0 aliphatic heterocycles. The molecule has 0 saturated carbocycles. The molecule has 0 amide bonds. The van der Waals surface area contributed by atoms with Gasteiger partial charge in [-0.3, -0.25) is 0 Å². The van der Waals surface area contributed by atoms with E-state index >= 15 is 0 Å². The fourth-order valence-corrected chi connectivity index (χ4v) is 4.26. The Kier molecular flexibility index (Phi) is 6.79. The van der Waals surface area contributed by atoms with Gasteiger partial charge in [-0.1, -0.05) is 23.2 Å². The van der Waals surface area contributed by atoms with Gasteiger partial charge in [0.1, 0.15) is 16.5 Å². The molecule has 3 aromatic rings. The number of halogens is 11. The molecule has 0 unspecified atom stereocenters. The van der Waals surface area contributed by atoms with E-state index in [2.05, 4.69) is 5.10 Å². The van der Waals surface area contributed by atoms with Gasteiger partial charge in [-0.25, -0.2) is 4.68 Å². The second-order valence-electron chi connectivity index (χ2n) is 6.76. The summed E-state index contributed by atoms with van der Waals surface area (Å²) in [5.41, 5.74) is 0.456. The molecule has 0 spiro atoms. The molecule has 2 N–H and O–H groups in total. The van der Waals surface area contributed by atoms with E-state index in [1.54, 1.807) is 0 Å². The molecule has 1 heterocycles. The van der Waals surface area contributed by atoms with Gasteiger partial charge in [-0.2, -0.15) is 44.6 Å². The van der Waals surface area contributed by atoms with Crippen molar-refractivity contribution in [2.45, 2.75) is 23.6 Å². The Morgan fingerprint density at radius 1 is 0.765 bits per heavy atom. The molecule has 15 heteroatoms. The van der Waals surface area contributed by atoms with Crippen molar-refractivity contribution in [1.82, 2.24) is 9.78 Å². The largest absolute Gasteiger partial charge is 0.416 e. The number of benzene rings is 2. The number of hydrogen-bond donors (Lipinski definition) is 1. The van der Waals surface area contributed by atoms with Crippen LogP contribution in [0.1, 0.15) is 16.7 Å². The fourth-order valence-electron chi connectivity index (χ4n) is 3.03. The summed E-state index contributed by atoms with van der Waals surface area (Å²) in [5.74, 6) is -0.486. The second-order valence-corrected chi connectivity index (χ2v) is 8.37. The summed E-state index contributed by atoms with van der Waals surface area (Å²) >= 11 is 12.8. The standard InChI is InChI=1S/C19H10Cl2F9N3S/c1-34-16-13(7-2-8(17(22,23)24)4-9(3-7)18(25,26)27)15(31)33(32-16)14-11(20)5-10(6-12(14)21)19(28,29)30/h2-6H,31H2,1H3. The van der Waals surface area contributed by atoms with Crippen molar-refractivity contribution >= 4 is 40.8 Å². The number of aromatic nitrogens is 2. The van der Waals surface area contributed by atoms with E-state index in [1.165, 1.54) is 6.26 Å². The van der Waals surface area contributed by atoms with E-state index in [0.717, 1.165) is 16.4 Å². The van der Waals surface area contributed by atoms with E-state index < -0.39 is 56.6 Å². The Morgan fingerprint density at radius 2 is 1.18 bits per heavy atom. The van der Waals surface area contributed by atoms with Gasteiger partial charge in [-0.15, -0.1) is 11.8 Å². The summed E-state index contributed by atoms with van der Waals surface area (Å²) < 4.78 is 120. The Labute approximate surface area is 199 Å². The third kappa shape index (κ3) is 5.05. The van der Waals surface area contributed by atoms with Crippen LogP contribution in [0.5, 0.6) is 0 Å². The molecule has 0 saturated heterocycles. The average Bonchev–Trinajstić information content (AvgIpc) is 3.01. The van der Waals surface area contributed by atoms with E-state index in [4.69, 9.17) is 28.9 Å². The maximum atomic E-state index is 13.3. The van der Waals surface area contributed by atoms with E-state index in [-0.39, 0.29) is 22.3 Å². The lowest BCUT2D eigenvalue weighted by atomic mass is 10.0. The third-order valence-electron chi connectivity index (χ3n) is 4.51. The minimum absolute atomic E-state index is 0.0491. The normalized spacial score (nSPS) is 12.9. The molecule has 34 heavy (non-hydrogen) atoms. The molecule has 0 bridgehead atoms. The number of thioether (sulfide) groups is 1. The number of hydrogen-bond acceptors (Lipinski definition) is 3. The first-order chi connectivity index (χ1) is 15.4. The van der Waals surface area contributed by atoms with Crippen molar-refractivity contribution in [3.63, 3.8) is 0 Å². The van der Waals surface area contributed by atoms with Crippen LogP contribution in [0, 0.1) is 0 Å². The highest BCUT2D eigenvalue weighted by Crippen LogP contribution is 2.44. The lowest BCUT2D eigenvalue weighted by molar-refractivity contribution is -0.143. The summed E-state index contributed by atoms with van der Waals surface area (Å²) in [4.78, 5) is 0. The van der Waals surface area contributed by atoms with Gasteiger partial charge >= 0.3 is 18.5 Å². The molecule has 2 aromatic carbocycles. The topological polar surface area (TPSA) is 43.8 Å². The average molecular weight is 554 g/mol. The monoisotopic (exact) mass is 553 g/mol. The van der Waals surface area contributed by atoms with Gasteiger partial charge in [0, 0.05) is 0 Å². The first-order valence-corrected chi connectivity index (χ1v) is 10.7. The van der Waals surface area contributed by atoms with Crippen molar-refractivity contribution in [1.29, 1.82) is 0 Å². The lowest BCUT2D eigenvalue weighted by Crippen LogP contribution is -2.11. The molecule has 1 aromatic heterocycles. The molecule has 0 aliphatic rings. The maximum absolute atomic E-state index is 13.3. The molecule has 3 rings (SSSR count). The van der Waals surface area contributed by atoms with Gasteiger partial charge < -0.3 is 5.73 Å². The van der Waals surface area contributed by atoms with Gasteiger partial charge in [0.15, 0.2) is 0 Å². The molecule has 0 fully saturated rings. The van der Waals surface area contributed by atoms with Crippen LogP contribution in [0.25, 0.3) is 16.8 Å². The molecule has 0 radical (unpaired) electrons. The van der Waals surface area contributed by atoms with Crippen LogP contribution in [0.2, 0.25) is 10.0 Å². The van der Waals surface area contributed by atoms with E-state index in [0.29, 0.717) is 24.3 Å². The van der Waals surface area contributed by atoms with Crippen molar-refractivity contribution in [2.24, 2.45) is 0 Å². The summed E-state index contributed by atoms with van der Waals surface area (Å²) in [6.07, 6.45) is -13.6. The number of anilines is 1. The van der Waals surface area contributed by atoms with Crippen molar-refractivity contribution in [3.8, 4) is 16.8 Å². The number of rotatable bonds is 3. The molecule has 184 valence electrons. The molecule has 0 atom stereocenters. The molecule has 3 nitrogen and oxygen atoms in total. The minimum Gasteiger partial charge on any atom is -0.383 e. The second kappa shape index (κ2) is 8.76. The van der Waals surface area contributed by atoms with Crippen molar-refractivity contribution in [3.05, 3.63) is 57.1 Å². The van der Waals surface area contributed by atoms with Crippen LogP contribution < -0.4 is 5.73 Å². The first-order valence-electron chi connectivity index (χ1n) is 8.74. The van der Waals surface area contributed by atoms with Crippen LogP contribution in [-0.2, 0) is 18.5 Å². The Hall–Kier alpha value is -2.25. The SMILES string of the molecule is CSc1nn(-c2c(Cl)cc(C(F)(F)F)cc2Cl)c(N)c1-c1cc(C(F)(F)F)cc(C(F)(F)F)c1. The lowest BCUT2D eigenvalue weighted by Gasteiger charge is -2.15. The highest BCUT2D eigenvalue weighted by molar-refractivity contribution is 7.98. The molecular weight excluding hydrogens is 544 g/mol. The fraction of sp³-hybridized carbons (Fsp3) is 0.211. The smallest absolute Gasteiger partial charge is 0.383 e. The van der Waals surface area contributed by atoms with E-state index in [9.17, 15) is 39.5 Å². The van der Waals surface area contributed by atoms with Gasteiger partial charge in [-0.05, 0) is 42.2 Å². The third-order valence-corrected chi connectivity index (χ3v) is 5.76. The zero-order valence-corrected chi connectivity index (χ0v) is 18.8. The molecular formula is C19H10Cl2F9N3S. The number of alkyl halides is 9. The van der Waals surface area contributed by atoms with Crippen LogP contribution in [0.15, 0.2) is 35.4 Å². The summed E-state index contributed by atoms with van der Waals surface area (Å²) in [5, 5.41) is 2.80.